The van der Waals surface area contributed by atoms with E-state index < -0.39 is 5.60 Å². The summed E-state index contributed by atoms with van der Waals surface area (Å²) in [6.07, 6.45) is 6.49. The third kappa shape index (κ3) is 3.38. The highest BCUT2D eigenvalue weighted by Gasteiger charge is 2.34. The lowest BCUT2D eigenvalue weighted by Crippen LogP contribution is -2.46. The highest BCUT2D eigenvalue weighted by atomic mass is 32.1. The quantitative estimate of drug-likeness (QED) is 0.934. The first kappa shape index (κ1) is 15.0. The number of aliphatic hydroxyl groups is 1. The van der Waals surface area contributed by atoms with Crippen LogP contribution in [0.2, 0.25) is 0 Å². The molecule has 1 N–H and O–H groups in total. The average Bonchev–Trinajstić information content (AvgIpc) is 3.32. The molecule has 4 rings (SSSR count). The van der Waals surface area contributed by atoms with Crippen molar-refractivity contribution in [3.63, 3.8) is 0 Å². The van der Waals surface area contributed by atoms with E-state index in [9.17, 15) is 5.11 Å². The molecule has 5 nitrogen and oxygen atoms in total. The smallest absolute Gasteiger partial charge is 0.133 e. The Bertz CT molecular complexity index is 689. The number of nitrogens with zero attached hydrogens (tertiary/aromatic N) is 4. The van der Waals surface area contributed by atoms with Crippen LogP contribution in [0.4, 0.5) is 5.82 Å². The van der Waals surface area contributed by atoms with Crippen molar-refractivity contribution in [3.8, 4) is 0 Å². The SMILES string of the molecule is Cc1csc(CC2(O)CCN(c3ccnc(C4CC4)n3)CC2)n1. The Kier molecular flexibility index (Phi) is 3.81. The van der Waals surface area contributed by atoms with Crippen molar-refractivity contribution >= 4 is 17.2 Å². The molecular weight excluding hydrogens is 308 g/mol. The van der Waals surface area contributed by atoms with Gasteiger partial charge in [0, 0.05) is 42.7 Å². The molecule has 2 fully saturated rings. The molecule has 0 amide bonds. The van der Waals surface area contributed by atoms with Crippen LogP contribution in [0, 0.1) is 6.92 Å². The standard InChI is InChI=1S/C17H22N4OS/c1-12-11-23-15(19-12)10-17(22)5-8-21(9-6-17)14-4-7-18-16(20-14)13-2-3-13/h4,7,11,13,22H,2-3,5-6,8-10H2,1H3. The molecule has 122 valence electrons. The van der Waals surface area contributed by atoms with E-state index in [1.807, 2.05) is 24.6 Å². The molecule has 23 heavy (non-hydrogen) atoms. The molecule has 2 aromatic rings. The Hall–Kier alpha value is -1.53. The summed E-state index contributed by atoms with van der Waals surface area (Å²) in [5.41, 5.74) is 0.410. The van der Waals surface area contributed by atoms with E-state index in [0.29, 0.717) is 12.3 Å². The number of aromatic nitrogens is 3. The highest BCUT2D eigenvalue weighted by Crippen LogP contribution is 2.38. The number of aryl methyl sites for hydroxylation is 1. The average molecular weight is 330 g/mol. The third-order valence-electron chi connectivity index (χ3n) is 4.77. The fraction of sp³-hybridized carbons (Fsp3) is 0.588. The van der Waals surface area contributed by atoms with Crippen LogP contribution in [0.5, 0.6) is 0 Å². The van der Waals surface area contributed by atoms with Gasteiger partial charge in [0.2, 0.25) is 0 Å². The first-order valence-electron chi connectivity index (χ1n) is 8.33. The molecule has 1 saturated heterocycles. The zero-order chi connectivity index (χ0) is 15.9. The van der Waals surface area contributed by atoms with E-state index in [1.54, 1.807) is 11.3 Å². The first-order chi connectivity index (χ1) is 11.1. The molecule has 0 bridgehead atoms. The van der Waals surface area contributed by atoms with E-state index in [0.717, 1.165) is 48.3 Å². The second-order valence-corrected chi connectivity index (χ2v) is 7.76. The molecule has 1 aliphatic carbocycles. The number of hydrogen-bond acceptors (Lipinski definition) is 6. The molecule has 2 aliphatic rings. The van der Waals surface area contributed by atoms with Crippen LogP contribution in [0.15, 0.2) is 17.6 Å². The maximum absolute atomic E-state index is 10.9. The van der Waals surface area contributed by atoms with Gasteiger partial charge in [-0.25, -0.2) is 15.0 Å². The van der Waals surface area contributed by atoms with E-state index in [1.165, 1.54) is 12.8 Å². The van der Waals surface area contributed by atoms with Crippen LogP contribution in [0.1, 0.15) is 48.1 Å². The Morgan fingerprint density at radius 1 is 1.30 bits per heavy atom. The summed E-state index contributed by atoms with van der Waals surface area (Å²) in [6, 6.07) is 1.99. The predicted molar refractivity (Wildman–Crippen MR) is 91.0 cm³/mol. The normalized spacial score (nSPS) is 20.7. The van der Waals surface area contributed by atoms with Crippen molar-refractivity contribution in [3.05, 3.63) is 34.2 Å². The van der Waals surface area contributed by atoms with Gasteiger partial charge >= 0.3 is 0 Å². The minimum atomic E-state index is -0.632. The lowest BCUT2D eigenvalue weighted by molar-refractivity contribution is 0.0164. The summed E-state index contributed by atoms with van der Waals surface area (Å²) in [5, 5.41) is 13.9. The molecule has 0 radical (unpaired) electrons. The number of anilines is 1. The zero-order valence-corrected chi connectivity index (χ0v) is 14.2. The third-order valence-corrected chi connectivity index (χ3v) is 5.73. The molecular formula is C17H22N4OS. The summed E-state index contributed by atoms with van der Waals surface area (Å²) in [5.74, 6) is 2.57. The summed E-state index contributed by atoms with van der Waals surface area (Å²) < 4.78 is 0. The summed E-state index contributed by atoms with van der Waals surface area (Å²) in [7, 11) is 0. The van der Waals surface area contributed by atoms with E-state index in [2.05, 4.69) is 14.9 Å². The molecule has 6 heteroatoms. The Balaban J connectivity index is 1.41. The molecule has 0 unspecified atom stereocenters. The number of hydrogen-bond donors (Lipinski definition) is 1. The van der Waals surface area contributed by atoms with Crippen molar-refractivity contribution in [2.75, 3.05) is 18.0 Å². The first-order valence-corrected chi connectivity index (χ1v) is 9.21. The second-order valence-electron chi connectivity index (χ2n) is 6.82. The van der Waals surface area contributed by atoms with E-state index >= 15 is 0 Å². The van der Waals surface area contributed by atoms with Gasteiger partial charge in [0.05, 0.1) is 10.6 Å². The maximum atomic E-state index is 10.9. The molecule has 3 heterocycles. The molecule has 1 aliphatic heterocycles. The number of piperidine rings is 1. The Morgan fingerprint density at radius 2 is 2.09 bits per heavy atom. The van der Waals surface area contributed by atoms with Gasteiger partial charge in [0.1, 0.15) is 11.6 Å². The van der Waals surface area contributed by atoms with Gasteiger partial charge in [-0.15, -0.1) is 11.3 Å². The largest absolute Gasteiger partial charge is 0.389 e. The Labute approximate surface area is 140 Å². The fourth-order valence-corrected chi connectivity index (χ4v) is 4.08. The van der Waals surface area contributed by atoms with Gasteiger partial charge in [-0.05, 0) is 38.7 Å². The summed E-state index contributed by atoms with van der Waals surface area (Å²) in [4.78, 5) is 15.9. The van der Waals surface area contributed by atoms with Crippen molar-refractivity contribution in [2.45, 2.75) is 50.5 Å². The number of rotatable bonds is 4. The van der Waals surface area contributed by atoms with Crippen LogP contribution in [0.25, 0.3) is 0 Å². The van der Waals surface area contributed by atoms with Crippen LogP contribution in [-0.4, -0.2) is 38.7 Å². The van der Waals surface area contributed by atoms with Gasteiger partial charge in [-0.3, -0.25) is 0 Å². The van der Waals surface area contributed by atoms with Crippen LogP contribution in [0.3, 0.4) is 0 Å². The van der Waals surface area contributed by atoms with Crippen LogP contribution >= 0.6 is 11.3 Å². The molecule has 0 spiro atoms. The second kappa shape index (κ2) is 5.83. The maximum Gasteiger partial charge on any atom is 0.133 e. The fourth-order valence-electron chi connectivity index (χ4n) is 3.17. The zero-order valence-electron chi connectivity index (χ0n) is 13.4. The monoisotopic (exact) mass is 330 g/mol. The van der Waals surface area contributed by atoms with Gasteiger partial charge in [-0.1, -0.05) is 0 Å². The van der Waals surface area contributed by atoms with Crippen molar-refractivity contribution in [2.24, 2.45) is 0 Å². The summed E-state index contributed by atoms with van der Waals surface area (Å²) in [6.45, 7) is 3.67. The lowest BCUT2D eigenvalue weighted by atomic mass is 9.88. The van der Waals surface area contributed by atoms with Gasteiger partial charge < -0.3 is 10.0 Å². The summed E-state index contributed by atoms with van der Waals surface area (Å²) >= 11 is 1.65. The van der Waals surface area contributed by atoms with Crippen LogP contribution in [-0.2, 0) is 6.42 Å². The molecule has 0 atom stereocenters. The lowest BCUT2D eigenvalue weighted by Gasteiger charge is -2.38. The minimum Gasteiger partial charge on any atom is -0.389 e. The van der Waals surface area contributed by atoms with E-state index in [-0.39, 0.29) is 0 Å². The van der Waals surface area contributed by atoms with Crippen LogP contribution < -0.4 is 4.90 Å². The Morgan fingerprint density at radius 3 is 2.74 bits per heavy atom. The van der Waals surface area contributed by atoms with Gasteiger partial charge in [0.25, 0.3) is 0 Å². The van der Waals surface area contributed by atoms with Crippen molar-refractivity contribution < 1.29 is 5.11 Å². The number of thiazole rings is 1. The van der Waals surface area contributed by atoms with Gasteiger partial charge in [0.15, 0.2) is 0 Å². The van der Waals surface area contributed by atoms with Gasteiger partial charge in [-0.2, -0.15) is 0 Å². The highest BCUT2D eigenvalue weighted by molar-refractivity contribution is 7.09. The molecule has 1 saturated carbocycles. The molecule has 0 aromatic carbocycles. The minimum absolute atomic E-state index is 0.574. The molecule has 2 aromatic heterocycles. The van der Waals surface area contributed by atoms with Crippen molar-refractivity contribution in [1.82, 2.24) is 15.0 Å². The van der Waals surface area contributed by atoms with E-state index in [4.69, 9.17) is 4.98 Å². The van der Waals surface area contributed by atoms with Crippen molar-refractivity contribution in [1.29, 1.82) is 0 Å². The predicted octanol–water partition coefficient (Wildman–Crippen LogP) is 2.69. The topological polar surface area (TPSA) is 62.1 Å².